The number of β-lactam (4-membered cyclic amide) rings is 1. The monoisotopic (exact) mass is 629 g/mol. The highest BCUT2D eigenvalue weighted by molar-refractivity contribution is 8.00. The van der Waals surface area contributed by atoms with E-state index in [-0.39, 0.29) is 47.5 Å². The standard InChI is InChI=1S/C27H31N7O7S2/c1-26(2,3)15-10-8-14(9-11-15)21(36)28-17(22(37)38)6-5-7-18(35)29-27(13-42)24(41)34-19(23(39)40)16(12-43-25(27)34)20-30-31-32-33(20)4/h8-11,13,17,25H,5-7,12H2,1-4H3,(H,28,36)(H,29,35)(H,37,38)(H,39,40)/t17?,25-,27?/m0/s1. The predicted octanol–water partition coefficient (Wildman–Crippen LogP) is 1.13. The molecule has 2 aliphatic rings. The number of aryl methyl sites for hydroxylation is 1. The van der Waals surface area contributed by atoms with E-state index in [1.165, 1.54) is 16.4 Å². The van der Waals surface area contributed by atoms with E-state index in [2.05, 4.69) is 26.2 Å². The van der Waals surface area contributed by atoms with Crippen LogP contribution in [0.25, 0.3) is 5.57 Å². The summed E-state index contributed by atoms with van der Waals surface area (Å²) in [6, 6.07) is 5.66. The smallest absolute Gasteiger partial charge is 0.353 e. The van der Waals surface area contributed by atoms with Gasteiger partial charge in [-0.2, -0.15) is 0 Å². The van der Waals surface area contributed by atoms with Crippen LogP contribution < -0.4 is 10.6 Å². The minimum absolute atomic E-state index is 0.0433. The van der Waals surface area contributed by atoms with Crippen LogP contribution in [-0.4, -0.2) is 93.1 Å². The van der Waals surface area contributed by atoms with Crippen molar-refractivity contribution in [3.8, 4) is 0 Å². The van der Waals surface area contributed by atoms with Crippen LogP contribution >= 0.6 is 24.0 Å². The van der Waals surface area contributed by atoms with Crippen molar-refractivity contribution in [2.45, 2.75) is 62.4 Å². The molecule has 4 rings (SSSR count). The molecule has 0 aliphatic carbocycles. The third-order valence-corrected chi connectivity index (χ3v) is 8.97. The highest BCUT2D eigenvalue weighted by atomic mass is 32.2. The first-order chi connectivity index (χ1) is 20.2. The van der Waals surface area contributed by atoms with Gasteiger partial charge in [-0.1, -0.05) is 45.1 Å². The largest absolute Gasteiger partial charge is 0.480 e. The number of carboxylic acid groups (broad SMARTS) is 2. The maximum absolute atomic E-state index is 13.3. The van der Waals surface area contributed by atoms with Crippen LogP contribution in [0.4, 0.5) is 0 Å². The second-order valence-electron chi connectivity index (χ2n) is 11.2. The van der Waals surface area contributed by atoms with E-state index in [0.717, 1.165) is 15.8 Å². The molecule has 228 valence electrons. The van der Waals surface area contributed by atoms with Crippen molar-refractivity contribution >= 4 is 64.6 Å². The van der Waals surface area contributed by atoms with Gasteiger partial charge in [-0.25, -0.2) is 14.3 Å². The lowest BCUT2D eigenvalue weighted by molar-refractivity contribution is -0.153. The number of nitrogens with one attached hydrogen (secondary N) is 2. The molecule has 14 nitrogen and oxygen atoms in total. The number of amides is 3. The van der Waals surface area contributed by atoms with Crippen LogP contribution in [0, 0.1) is 0 Å². The van der Waals surface area contributed by atoms with Crippen molar-refractivity contribution in [3.05, 3.63) is 46.9 Å². The van der Waals surface area contributed by atoms with Crippen LogP contribution in [-0.2, 0) is 31.6 Å². The Balaban J connectivity index is 1.38. The van der Waals surface area contributed by atoms with Gasteiger partial charge in [0.2, 0.25) is 5.91 Å². The quantitative estimate of drug-likeness (QED) is 0.205. The third kappa shape index (κ3) is 6.15. The molecule has 0 spiro atoms. The molecule has 1 fully saturated rings. The molecular weight excluding hydrogens is 598 g/mol. The Morgan fingerprint density at radius 1 is 1.21 bits per heavy atom. The Bertz CT molecular complexity index is 1520. The van der Waals surface area contributed by atoms with Crippen LogP contribution in [0.2, 0.25) is 0 Å². The number of thioether (sulfide) groups is 1. The summed E-state index contributed by atoms with van der Waals surface area (Å²) in [6.45, 7) is 6.12. The summed E-state index contributed by atoms with van der Waals surface area (Å²) < 4.78 is 1.30. The summed E-state index contributed by atoms with van der Waals surface area (Å²) in [5, 5.41) is 36.1. The normalized spacial score (nSPS) is 20.5. The van der Waals surface area contributed by atoms with Crippen molar-refractivity contribution in [2.75, 3.05) is 5.75 Å². The second kappa shape index (κ2) is 12.2. The first kappa shape index (κ1) is 31.7. The van der Waals surface area contributed by atoms with E-state index in [4.69, 9.17) is 12.2 Å². The van der Waals surface area contributed by atoms with Gasteiger partial charge in [0.25, 0.3) is 11.8 Å². The molecule has 2 unspecified atom stereocenters. The lowest BCUT2D eigenvalue weighted by atomic mass is 9.86. The summed E-state index contributed by atoms with van der Waals surface area (Å²) in [5.41, 5.74) is -0.428. The Morgan fingerprint density at radius 3 is 2.42 bits per heavy atom. The van der Waals surface area contributed by atoms with Crippen LogP contribution in [0.15, 0.2) is 30.0 Å². The van der Waals surface area contributed by atoms with E-state index >= 15 is 0 Å². The highest BCUT2D eigenvalue weighted by Crippen LogP contribution is 2.47. The third-order valence-electron chi connectivity index (χ3n) is 7.25. The zero-order valence-corrected chi connectivity index (χ0v) is 25.5. The van der Waals surface area contributed by atoms with Crippen LogP contribution in [0.5, 0.6) is 0 Å². The number of aromatic nitrogens is 4. The molecule has 4 N–H and O–H groups in total. The summed E-state index contributed by atoms with van der Waals surface area (Å²) in [4.78, 5) is 64.0. The average Bonchev–Trinajstić information content (AvgIpc) is 3.39. The molecule has 0 bridgehead atoms. The van der Waals surface area contributed by atoms with Crippen molar-refractivity contribution in [3.63, 3.8) is 0 Å². The van der Waals surface area contributed by atoms with E-state index in [1.54, 1.807) is 19.2 Å². The van der Waals surface area contributed by atoms with Gasteiger partial charge in [-0.15, -0.1) is 16.9 Å². The molecule has 0 radical (unpaired) electrons. The Kier molecular flexibility index (Phi) is 9.01. The molecule has 3 heterocycles. The molecule has 1 aromatic heterocycles. The fourth-order valence-electron chi connectivity index (χ4n) is 4.87. The van der Waals surface area contributed by atoms with Gasteiger partial charge in [0.1, 0.15) is 17.1 Å². The zero-order valence-electron chi connectivity index (χ0n) is 23.9. The Morgan fingerprint density at radius 2 is 1.88 bits per heavy atom. The van der Waals surface area contributed by atoms with Crippen molar-refractivity contribution in [1.29, 1.82) is 0 Å². The second-order valence-corrected chi connectivity index (χ2v) is 12.5. The summed E-state index contributed by atoms with van der Waals surface area (Å²) >= 11 is 6.32. The van der Waals surface area contributed by atoms with Gasteiger partial charge in [-0.3, -0.25) is 19.3 Å². The zero-order chi connectivity index (χ0) is 31.7. The number of fused-ring (bicyclic) bond motifs is 1. The van der Waals surface area contributed by atoms with Gasteiger partial charge < -0.3 is 20.8 Å². The van der Waals surface area contributed by atoms with E-state index in [9.17, 15) is 34.2 Å². The molecule has 3 amide bonds. The number of hydrogen-bond donors (Lipinski definition) is 4. The molecule has 43 heavy (non-hydrogen) atoms. The summed E-state index contributed by atoms with van der Waals surface area (Å²) in [5.74, 6) is -4.11. The lowest BCUT2D eigenvalue weighted by Gasteiger charge is -2.55. The van der Waals surface area contributed by atoms with Gasteiger partial charge in [0.05, 0.1) is 0 Å². The number of tetrazole rings is 1. The molecule has 16 heteroatoms. The molecule has 2 aromatic rings. The first-order valence-electron chi connectivity index (χ1n) is 13.3. The van der Waals surface area contributed by atoms with E-state index in [0.29, 0.717) is 5.56 Å². The first-order valence-corrected chi connectivity index (χ1v) is 14.8. The summed E-state index contributed by atoms with van der Waals surface area (Å²) in [7, 11) is 1.54. The number of rotatable bonds is 11. The molecule has 1 saturated heterocycles. The fourth-order valence-corrected chi connectivity index (χ4v) is 6.68. The minimum atomic E-state index is -1.62. The SMILES string of the molecule is Cn1nnnc1C1=C(C(=O)O)N2C(=O)C(C=S)(NC(=O)CCCC(NC(=O)c3ccc(C(C)(C)C)cc3)C(=O)O)[C@@H]2SC1. The average molecular weight is 630 g/mol. The Hall–Kier alpha value is -4.18. The number of hydrogen-bond acceptors (Lipinski definition) is 10. The summed E-state index contributed by atoms with van der Waals surface area (Å²) in [6.07, 6.45) is -0.121. The predicted molar refractivity (Wildman–Crippen MR) is 159 cm³/mol. The number of carbonyl (C=O) groups excluding carboxylic acids is 3. The maximum Gasteiger partial charge on any atom is 0.353 e. The van der Waals surface area contributed by atoms with Gasteiger partial charge in [0.15, 0.2) is 11.4 Å². The number of nitrogens with zero attached hydrogens (tertiary/aromatic N) is 5. The van der Waals surface area contributed by atoms with Crippen LogP contribution in [0.1, 0.15) is 61.8 Å². The number of thiocarbonyl (C=S) groups is 1. The van der Waals surface area contributed by atoms with Gasteiger partial charge in [-0.05, 0) is 46.4 Å². The number of carboxylic acids is 2. The van der Waals surface area contributed by atoms with Gasteiger partial charge in [0, 0.05) is 35.7 Å². The van der Waals surface area contributed by atoms with Gasteiger partial charge >= 0.3 is 11.9 Å². The van der Waals surface area contributed by atoms with Crippen molar-refractivity contribution in [2.24, 2.45) is 7.05 Å². The minimum Gasteiger partial charge on any atom is -0.480 e. The van der Waals surface area contributed by atoms with Crippen molar-refractivity contribution < 1.29 is 34.2 Å². The molecule has 3 atom stereocenters. The lowest BCUT2D eigenvalue weighted by Crippen LogP contribution is -2.80. The highest BCUT2D eigenvalue weighted by Gasteiger charge is 2.64. The molecule has 2 aliphatic heterocycles. The Labute approximate surface area is 256 Å². The maximum atomic E-state index is 13.3. The van der Waals surface area contributed by atoms with Crippen LogP contribution in [0.3, 0.4) is 0 Å². The van der Waals surface area contributed by atoms with E-state index in [1.807, 2.05) is 32.9 Å². The fraction of sp³-hybridized carbons (Fsp3) is 0.444. The van der Waals surface area contributed by atoms with E-state index < -0.39 is 46.6 Å². The molecule has 1 aromatic carbocycles. The number of carbonyl (C=O) groups is 5. The molecule has 0 saturated carbocycles. The van der Waals surface area contributed by atoms with Crippen molar-refractivity contribution in [1.82, 2.24) is 35.7 Å². The number of aliphatic carboxylic acids is 2. The number of benzene rings is 1. The molecular formula is C27H31N7O7S2. The topological polar surface area (TPSA) is 197 Å².